The molecule has 0 bridgehead atoms. The Morgan fingerprint density at radius 1 is 1.16 bits per heavy atom. The highest BCUT2D eigenvalue weighted by Crippen LogP contribution is 2.28. The second-order valence-electron chi connectivity index (χ2n) is 7.22. The van der Waals surface area contributed by atoms with Crippen LogP contribution in [0.2, 0.25) is 0 Å². The average Bonchev–Trinajstić information content (AvgIpc) is 3.06. The Labute approximate surface area is 188 Å². The van der Waals surface area contributed by atoms with E-state index in [1.807, 2.05) is 35.9 Å². The highest BCUT2D eigenvalue weighted by atomic mass is 32.2. The molecule has 3 rings (SSSR count). The molecule has 0 aliphatic carbocycles. The lowest BCUT2D eigenvalue weighted by Gasteiger charge is -2.13. The van der Waals surface area contributed by atoms with E-state index < -0.39 is 10.0 Å². The van der Waals surface area contributed by atoms with Crippen molar-refractivity contribution < 1.29 is 8.42 Å². The maximum Gasteiger partial charge on any atom is 0.270 e. The number of benzene rings is 2. The van der Waals surface area contributed by atoms with Crippen molar-refractivity contribution in [3.05, 3.63) is 65.6 Å². The SMILES string of the molecule is CCCCc1nc(C)c(SC)n1Cc1ccc(-c2ccccc2S(=O)(=O)NC#N)cc1. The molecule has 1 heterocycles. The predicted molar refractivity (Wildman–Crippen MR) is 124 cm³/mol. The number of rotatable bonds is 9. The van der Waals surface area contributed by atoms with Gasteiger partial charge in [-0.25, -0.2) is 18.1 Å². The van der Waals surface area contributed by atoms with Crippen LogP contribution in [-0.2, 0) is 23.0 Å². The van der Waals surface area contributed by atoms with E-state index in [4.69, 9.17) is 10.2 Å². The predicted octanol–water partition coefficient (Wildman–Crippen LogP) is 4.73. The van der Waals surface area contributed by atoms with Crippen molar-refractivity contribution in [3.8, 4) is 17.3 Å². The van der Waals surface area contributed by atoms with E-state index in [1.165, 1.54) is 17.3 Å². The van der Waals surface area contributed by atoms with Gasteiger partial charge in [0.25, 0.3) is 10.0 Å². The molecule has 0 aliphatic heterocycles. The fourth-order valence-electron chi connectivity index (χ4n) is 3.59. The molecule has 0 saturated heterocycles. The molecule has 3 aromatic rings. The van der Waals surface area contributed by atoms with Gasteiger partial charge in [0.15, 0.2) is 6.19 Å². The van der Waals surface area contributed by atoms with Crippen LogP contribution < -0.4 is 4.72 Å². The van der Waals surface area contributed by atoms with Crippen LogP contribution in [0.4, 0.5) is 0 Å². The van der Waals surface area contributed by atoms with Crippen LogP contribution in [0.5, 0.6) is 0 Å². The molecule has 0 aliphatic rings. The topological polar surface area (TPSA) is 87.8 Å². The molecule has 0 amide bonds. The van der Waals surface area contributed by atoms with Gasteiger partial charge in [0.1, 0.15) is 5.82 Å². The number of imidazole rings is 1. The van der Waals surface area contributed by atoms with E-state index in [-0.39, 0.29) is 4.90 Å². The van der Waals surface area contributed by atoms with Crippen molar-refractivity contribution in [2.45, 2.75) is 49.6 Å². The third-order valence-electron chi connectivity index (χ3n) is 5.07. The van der Waals surface area contributed by atoms with Crippen LogP contribution in [0.15, 0.2) is 58.5 Å². The van der Waals surface area contributed by atoms with Gasteiger partial charge >= 0.3 is 0 Å². The first-order valence-corrected chi connectivity index (χ1v) is 12.8. The molecule has 0 spiro atoms. The number of hydrogen-bond acceptors (Lipinski definition) is 5. The third-order valence-corrected chi connectivity index (χ3v) is 7.27. The Morgan fingerprint density at radius 2 is 1.87 bits per heavy atom. The molecule has 1 aromatic heterocycles. The van der Waals surface area contributed by atoms with E-state index in [1.54, 1.807) is 30.0 Å². The van der Waals surface area contributed by atoms with Crippen molar-refractivity contribution in [3.63, 3.8) is 0 Å². The number of sulfonamides is 1. The molecular weight excluding hydrogens is 428 g/mol. The second-order valence-corrected chi connectivity index (χ2v) is 9.67. The van der Waals surface area contributed by atoms with E-state index >= 15 is 0 Å². The zero-order valence-electron chi connectivity index (χ0n) is 17.9. The van der Waals surface area contributed by atoms with Crippen molar-refractivity contribution in [1.29, 1.82) is 5.26 Å². The van der Waals surface area contributed by atoms with E-state index in [2.05, 4.69) is 17.7 Å². The Hall–Kier alpha value is -2.76. The maximum absolute atomic E-state index is 12.4. The first-order valence-electron chi connectivity index (χ1n) is 10.1. The minimum absolute atomic E-state index is 0.0843. The number of aryl methyl sites for hydroxylation is 2. The van der Waals surface area contributed by atoms with Gasteiger partial charge in [0, 0.05) is 18.5 Å². The lowest BCUT2D eigenvalue weighted by atomic mass is 10.0. The molecule has 0 radical (unpaired) electrons. The Kier molecular flexibility index (Phi) is 7.42. The third kappa shape index (κ3) is 5.12. The van der Waals surface area contributed by atoms with Crippen molar-refractivity contribution >= 4 is 21.8 Å². The van der Waals surface area contributed by atoms with E-state index in [0.717, 1.165) is 41.9 Å². The number of hydrogen-bond donors (Lipinski definition) is 1. The zero-order valence-corrected chi connectivity index (χ0v) is 19.6. The standard InChI is InChI=1S/C23H26N4O2S2/c1-4-5-10-22-26-17(2)23(30-3)27(22)15-18-11-13-19(14-12-18)20-8-6-7-9-21(20)31(28,29)25-16-24/h6-9,11-14,25H,4-5,10,15H2,1-3H3. The number of unbranched alkanes of at least 4 members (excludes halogenated alkanes) is 1. The first kappa shape index (κ1) is 22.9. The summed E-state index contributed by atoms with van der Waals surface area (Å²) in [6.45, 7) is 4.94. The summed E-state index contributed by atoms with van der Waals surface area (Å²) < 4.78 is 28.9. The smallest absolute Gasteiger partial charge is 0.270 e. The zero-order chi connectivity index (χ0) is 22.4. The summed E-state index contributed by atoms with van der Waals surface area (Å²) in [7, 11) is -3.89. The van der Waals surface area contributed by atoms with Gasteiger partial charge in [0.05, 0.1) is 15.6 Å². The highest BCUT2D eigenvalue weighted by molar-refractivity contribution is 7.98. The first-order chi connectivity index (χ1) is 14.9. The van der Waals surface area contributed by atoms with Gasteiger partial charge in [-0.1, -0.05) is 55.8 Å². The summed E-state index contributed by atoms with van der Waals surface area (Å²) in [6, 6.07) is 14.5. The second kappa shape index (κ2) is 10.0. The molecule has 6 nitrogen and oxygen atoms in total. The molecule has 0 atom stereocenters. The van der Waals surface area contributed by atoms with Gasteiger partial charge in [-0.15, -0.1) is 11.8 Å². The lowest BCUT2D eigenvalue weighted by molar-refractivity contribution is 0.591. The van der Waals surface area contributed by atoms with Gasteiger partial charge < -0.3 is 4.57 Å². The monoisotopic (exact) mass is 454 g/mol. The molecule has 162 valence electrons. The van der Waals surface area contributed by atoms with Gasteiger partial charge in [0.2, 0.25) is 0 Å². The van der Waals surface area contributed by atoms with Crippen LogP contribution in [0, 0.1) is 18.4 Å². The summed E-state index contributed by atoms with van der Waals surface area (Å²) in [4.78, 5) is 4.86. The maximum atomic E-state index is 12.4. The van der Waals surface area contributed by atoms with E-state index in [0.29, 0.717) is 12.1 Å². The Bertz CT molecular complexity index is 1190. The number of thioether (sulfide) groups is 1. The van der Waals surface area contributed by atoms with Gasteiger partial charge in [-0.3, -0.25) is 0 Å². The molecule has 0 fully saturated rings. The molecule has 0 unspecified atom stereocenters. The van der Waals surface area contributed by atoms with E-state index in [9.17, 15) is 8.42 Å². The quantitative estimate of drug-likeness (QED) is 0.287. The fraction of sp³-hybridized carbons (Fsp3) is 0.304. The largest absolute Gasteiger partial charge is 0.319 e. The normalized spacial score (nSPS) is 11.3. The highest BCUT2D eigenvalue weighted by Gasteiger charge is 2.19. The van der Waals surface area contributed by atoms with Crippen LogP contribution in [0.25, 0.3) is 11.1 Å². The molecule has 1 N–H and O–H groups in total. The molecule has 0 saturated carbocycles. The molecular formula is C23H26N4O2S2. The average molecular weight is 455 g/mol. The summed E-state index contributed by atoms with van der Waals surface area (Å²) in [5.74, 6) is 1.10. The number of nitriles is 1. The van der Waals surface area contributed by atoms with Crippen LogP contribution >= 0.6 is 11.8 Å². The number of aromatic nitrogens is 2. The van der Waals surface area contributed by atoms with Crippen molar-refractivity contribution in [2.24, 2.45) is 0 Å². The Balaban J connectivity index is 1.92. The van der Waals surface area contributed by atoms with Gasteiger partial charge in [-0.2, -0.15) is 5.26 Å². The minimum Gasteiger partial charge on any atom is -0.319 e. The Morgan fingerprint density at radius 3 is 2.52 bits per heavy atom. The molecule has 8 heteroatoms. The molecule has 2 aromatic carbocycles. The summed E-state index contributed by atoms with van der Waals surface area (Å²) in [6.07, 6.45) is 6.75. The number of nitrogens with one attached hydrogen (secondary N) is 1. The lowest BCUT2D eigenvalue weighted by Crippen LogP contribution is -2.18. The molecule has 31 heavy (non-hydrogen) atoms. The van der Waals surface area contributed by atoms with Crippen LogP contribution in [0.3, 0.4) is 0 Å². The minimum atomic E-state index is -3.89. The van der Waals surface area contributed by atoms with Crippen LogP contribution in [0.1, 0.15) is 36.8 Å². The van der Waals surface area contributed by atoms with Crippen LogP contribution in [-0.4, -0.2) is 24.2 Å². The number of nitrogens with zero attached hydrogens (tertiary/aromatic N) is 3. The van der Waals surface area contributed by atoms with Crippen molar-refractivity contribution in [2.75, 3.05) is 6.26 Å². The van der Waals surface area contributed by atoms with Gasteiger partial charge in [-0.05, 0) is 36.8 Å². The summed E-state index contributed by atoms with van der Waals surface area (Å²) in [5.41, 5.74) is 3.51. The fourth-order valence-corrected chi connectivity index (χ4v) is 5.28. The van der Waals surface area contributed by atoms with Crippen molar-refractivity contribution in [1.82, 2.24) is 14.3 Å². The summed E-state index contributed by atoms with van der Waals surface area (Å²) in [5, 5.41) is 9.95. The summed E-state index contributed by atoms with van der Waals surface area (Å²) >= 11 is 1.71.